The quantitative estimate of drug-likeness (QED) is 0.0482. The molecule has 0 aliphatic heterocycles. The lowest BCUT2D eigenvalue weighted by atomic mass is 9.92. The van der Waals surface area contributed by atoms with Gasteiger partial charge in [0.25, 0.3) is 0 Å². The van der Waals surface area contributed by atoms with Gasteiger partial charge in [-0.05, 0) is 120 Å². The second-order valence-electron chi connectivity index (χ2n) is 13.0. The Labute approximate surface area is 310 Å². The van der Waals surface area contributed by atoms with Gasteiger partial charge in [-0.2, -0.15) is 0 Å². The van der Waals surface area contributed by atoms with Gasteiger partial charge in [-0.15, -0.1) is 0 Å². The molecule has 0 N–H and O–H groups in total. The maximum absolute atomic E-state index is 4.98. The topological polar surface area (TPSA) is 17.3 Å². The molecule has 1 aliphatic rings. The molecule has 0 spiro atoms. The van der Waals surface area contributed by atoms with Crippen LogP contribution in [0.2, 0.25) is 0 Å². The number of hydrogen-bond donors (Lipinski definition) is 0. The number of allylic oxidation sites excluding steroid dienone is 10. The Morgan fingerprint density at radius 1 is 0.750 bits per heavy atom. The minimum atomic E-state index is 0.745. The lowest BCUT2D eigenvalue weighted by molar-refractivity contribution is 0.895. The molecule has 0 bridgehead atoms. The molecule has 4 aromatic carbocycles. The van der Waals surface area contributed by atoms with Gasteiger partial charge < -0.3 is 4.57 Å². The molecule has 2 nitrogen and oxygen atoms in total. The minimum Gasteiger partial charge on any atom is -0.309 e. The SMILES string of the molecule is C=CC1=C(N=CCC/C=C\C)CCc2c1n(-c1cccc(/C(C=C)=C(/C=C)Cc3ccc(-c4ccc(C=C)c(/C=C\C)c4)cc3)c1)c1ccccc21. The van der Waals surface area contributed by atoms with Crippen LogP contribution in [0.3, 0.4) is 0 Å². The van der Waals surface area contributed by atoms with Crippen molar-refractivity contribution in [1.29, 1.82) is 0 Å². The molecular formula is C50H48N2. The zero-order valence-electron chi connectivity index (χ0n) is 30.6. The Balaban J connectivity index is 1.37. The highest BCUT2D eigenvalue weighted by Gasteiger charge is 2.26. The average molecular weight is 677 g/mol. The van der Waals surface area contributed by atoms with E-state index in [9.17, 15) is 0 Å². The Morgan fingerprint density at radius 2 is 1.56 bits per heavy atom. The van der Waals surface area contributed by atoms with Crippen LogP contribution in [0, 0.1) is 0 Å². The molecule has 52 heavy (non-hydrogen) atoms. The fourth-order valence-electron chi connectivity index (χ4n) is 7.31. The fraction of sp³-hybridized carbons (Fsp3) is 0.140. The third-order valence-electron chi connectivity index (χ3n) is 9.85. The zero-order chi connectivity index (χ0) is 36.5. The number of para-hydroxylation sites is 1. The Kier molecular flexibility index (Phi) is 11.6. The third kappa shape index (κ3) is 7.38. The van der Waals surface area contributed by atoms with Gasteiger partial charge in [0.2, 0.25) is 0 Å². The van der Waals surface area contributed by atoms with E-state index in [-0.39, 0.29) is 0 Å². The molecule has 5 aromatic rings. The van der Waals surface area contributed by atoms with Crippen molar-refractivity contribution >= 4 is 40.4 Å². The van der Waals surface area contributed by atoms with E-state index in [1.807, 2.05) is 31.2 Å². The maximum atomic E-state index is 4.98. The number of unbranched alkanes of at least 4 members (excludes halogenated alkanes) is 1. The summed E-state index contributed by atoms with van der Waals surface area (Å²) in [6.07, 6.45) is 22.9. The second-order valence-corrected chi connectivity index (χ2v) is 13.0. The molecule has 2 heteroatoms. The van der Waals surface area contributed by atoms with Gasteiger partial charge in [0, 0.05) is 28.6 Å². The normalized spacial score (nSPS) is 13.6. The van der Waals surface area contributed by atoms with E-state index in [2.05, 4.69) is 159 Å². The van der Waals surface area contributed by atoms with Gasteiger partial charge >= 0.3 is 0 Å². The summed E-state index contributed by atoms with van der Waals surface area (Å²) >= 11 is 0. The molecular weight excluding hydrogens is 629 g/mol. The standard InChI is InChI=1S/C50H48N2/c1-7-13-14-17-32-51-48-31-30-47-46-22-15-16-23-49(46)52(50(47)45(48)12-6)43-21-18-20-42(35-43)44(11-5)38(10-4)33-36-24-26-39(27-25-36)41-29-28-37(9-3)40(34-41)19-8-2/h7-13,15-16,18-29,32,34-35H,3-6,14,17,30-31,33H2,1-2H3/b13-7-,19-8-,44-38-,51-32?. The van der Waals surface area contributed by atoms with Crippen molar-refractivity contribution in [2.45, 2.75) is 46.0 Å². The van der Waals surface area contributed by atoms with Crippen molar-refractivity contribution in [3.8, 4) is 16.8 Å². The van der Waals surface area contributed by atoms with Crippen LogP contribution < -0.4 is 0 Å². The van der Waals surface area contributed by atoms with E-state index >= 15 is 0 Å². The third-order valence-corrected chi connectivity index (χ3v) is 9.85. The van der Waals surface area contributed by atoms with Crippen molar-refractivity contribution in [2.75, 3.05) is 0 Å². The summed E-state index contributed by atoms with van der Waals surface area (Å²) in [7, 11) is 0. The summed E-state index contributed by atoms with van der Waals surface area (Å²) in [5.74, 6) is 0. The van der Waals surface area contributed by atoms with E-state index < -0.39 is 0 Å². The first-order chi connectivity index (χ1) is 25.5. The van der Waals surface area contributed by atoms with Crippen molar-refractivity contribution in [3.05, 3.63) is 199 Å². The summed E-state index contributed by atoms with van der Waals surface area (Å²) in [5, 5.41) is 1.28. The maximum Gasteiger partial charge on any atom is 0.0591 e. The van der Waals surface area contributed by atoms with Crippen LogP contribution in [-0.2, 0) is 12.8 Å². The van der Waals surface area contributed by atoms with E-state index in [0.717, 1.165) is 71.3 Å². The molecule has 0 saturated carbocycles. The van der Waals surface area contributed by atoms with Gasteiger partial charge in [0.15, 0.2) is 0 Å². The average Bonchev–Trinajstić information content (AvgIpc) is 3.52. The molecule has 6 rings (SSSR count). The lowest BCUT2D eigenvalue weighted by Gasteiger charge is -2.20. The van der Waals surface area contributed by atoms with Crippen LogP contribution in [0.25, 0.3) is 51.0 Å². The molecule has 0 fully saturated rings. The van der Waals surface area contributed by atoms with Gasteiger partial charge in [-0.25, -0.2) is 0 Å². The zero-order valence-corrected chi connectivity index (χ0v) is 30.6. The highest BCUT2D eigenvalue weighted by atomic mass is 15.0. The molecule has 0 saturated heterocycles. The first-order valence-electron chi connectivity index (χ1n) is 18.2. The Hall–Kier alpha value is -5.99. The molecule has 1 heterocycles. The summed E-state index contributed by atoms with van der Waals surface area (Å²) in [5.41, 5.74) is 16.2. The first kappa shape index (κ1) is 35.8. The summed E-state index contributed by atoms with van der Waals surface area (Å²) in [4.78, 5) is 4.98. The van der Waals surface area contributed by atoms with Crippen molar-refractivity contribution in [3.63, 3.8) is 0 Å². The van der Waals surface area contributed by atoms with Crippen LogP contribution in [0.4, 0.5) is 0 Å². The highest BCUT2D eigenvalue weighted by molar-refractivity contribution is 5.95. The number of fused-ring (bicyclic) bond motifs is 3. The number of aliphatic imine (C=N–C) groups is 1. The van der Waals surface area contributed by atoms with Crippen molar-refractivity contribution in [2.24, 2.45) is 4.99 Å². The van der Waals surface area contributed by atoms with Crippen LogP contribution in [0.1, 0.15) is 66.6 Å². The van der Waals surface area contributed by atoms with Crippen molar-refractivity contribution < 1.29 is 0 Å². The second kappa shape index (κ2) is 16.8. The van der Waals surface area contributed by atoms with E-state index in [4.69, 9.17) is 4.99 Å². The Morgan fingerprint density at radius 3 is 2.29 bits per heavy atom. The first-order valence-corrected chi connectivity index (χ1v) is 18.2. The van der Waals surface area contributed by atoms with E-state index in [1.54, 1.807) is 0 Å². The summed E-state index contributed by atoms with van der Waals surface area (Å²) in [6, 6.07) is 32.9. The van der Waals surface area contributed by atoms with Crippen LogP contribution in [0.15, 0.2) is 170 Å². The molecule has 1 aromatic heterocycles. The molecule has 0 amide bonds. The van der Waals surface area contributed by atoms with E-state index in [0.29, 0.717) is 0 Å². The lowest BCUT2D eigenvalue weighted by Crippen LogP contribution is -2.07. The number of aromatic nitrogens is 1. The van der Waals surface area contributed by atoms with Crippen LogP contribution >= 0.6 is 0 Å². The number of nitrogens with zero attached hydrogens (tertiary/aromatic N) is 2. The van der Waals surface area contributed by atoms with Crippen molar-refractivity contribution in [1.82, 2.24) is 4.57 Å². The van der Waals surface area contributed by atoms with Gasteiger partial charge in [-0.1, -0.05) is 142 Å². The number of benzene rings is 4. The Bertz CT molecular complexity index is 2290. The largest absolute Gasteiger partial charge is 0.309 e. The molecule has 258 valence electrons. The molecule has 1 aliphatic carbocycles. The summed E-state index contributed by atoms with van der Waals surface area (Å²) < 4.78 is 2.40. The summed E-state index contributed by atoms with van der Waals surface area (Å²) in [6.45, 7) is 20.9. The molecule has 0 unspecified atom stereocenters. The minimum absolute atomic E-state index is 0.745. The number of rotatable bonds is 14. The van der Waals surface area contributed by atoms with Crippen LogP contribution in [0.5, 0.6) is 0 Å². The molecule has 0 atom stereocenters. The predicted molar refractivity (Wildman–Crippen MR) is 229 cm³/mol. The van der Waals surface area contributed by atoms with Crippen LogP contribution in [-0.4, -0.2) is 10.8 Å². The number of hydrogen-bond acceptors (Lipinski definition) is 1. The van der Waals surface area contributed by atoms with Gasteiger partial charge in [0.1, 0.15) is 0 Å². The number of aryl methyl sites for hydroxylation is 1. The smallest absolute Gasteiger partial charge is 0.0591 e. The fourth-order valence-corrected chi connectivity index (χ4v) is 7.31. The van der Waals surface area contributed by atoms with Gasteiger partial charge in [-0.3, -0.25) is 4.99 Å². The molecule has 0 radical (unpaired) electrons. The monoisotopic (exact) mass is 676 g/mol. The van der Waals surface area contributed by atoms with Gasteiger partial charge in [0.05, 0.1) is 11.2 Å². The predicted octanol–water partition coefficient (Wildman–Crippen LogP) is 13.6. The van der Waals surface area contributed by atoms with E-state index in [1.165, 1.54) is 44.4 Å². The highest BCUT2D eigenvalue weighted by Crippen LogP contribution is 2.41.